The van der Waals surface area contributed by atoms with E-state index in [4.69, 9.17) is 10.5 Å². The molecule has 0 bridgehead atoms. The van der Waals surface area contributed by atoms with Crippen molar-refractivity contribution in [2.75, 3.05) is 18.9 Å². The van der Waals surface area contributed by atoms with Crippen molar-refractivity contribution < 1.29 is 9.53 Å². The lowest BCUT2D eigenvalue weighted by Gasteiger charge is -2.22. The Morgan fingerprint density at radius 1 is 1.32 bits per heavy atom. The number of carbonyl (C=O) groups excluding carboxylic acids is 1. The predicted molar refractivity (Wildman–Crippen MR) is 77.5 cm³/mol. The molecule has 0 spiro atoms. The van der Waals surface area contributed by atoms with Crippen LogP contribution in [0.15, 0.2) is 24.3 Å². The summed E-state index contributed by atoms with van der Waals surface area (Å²) in [5, 5.41) is 4.01. The van der Waals surface area contributed by atoms with Crippen LogP contribution in [0.2, 0.25) is 0 Å². The normalized spacial score (nSPS) is 16.6. The summed E-state index contributed by atoms with van der Waals surface area (Å²) in [6.07, 6.45) is 1.74. The number of amides is 1. The Labute approximate surface area is 115 Å². The van der Waals surface area contributed by atoms with Crippen LogP contribution in [-0.4, -0.2) is 25.2 Å². The molecule has 100 valence electrons. The van der Waals surface area contributed by atoms with Crippen molar-refractivity contribution in [1.29, 1.82) is 0 Å². The number of nitrogen functional groups attached to an aromatic ring is 1. The van der Waals surface area contributed by atoms with Gasteiger partial charge in [-0.2, -0.15) is 0 Å². The molecule has 1 aliphatic heterocycles. The first-order valence-electron chi connectivity index (χ1n) is 6.41. The summed E-state index contributed by atoms with van der Waals surface area (Å²) in [7, 11) is 0. The van der Waals surface area contributed by atoms with Crippen molar-refractivity contribution in [3.63, 3.8) is 0 Å². The average Bonchev–Trinajstić information content (AvgIpc) is 2.78. The minimum atomic E-state index is -0.0643. The Hall–Kier alpha value is -1.59. The average molecular weight is 276 g/mol. The van der Waals surface area contributed by atoms with Crippen LogP contribution in [0.25, 0.3) is 10.1 Å². The smallest absolute Gasteiger partial charge is 0.263 e. The van der Waals surface area contributed by atoms with Gasteiger partial charge in [-0.3, -0.25) is 4.79 Å². The minimum Gasteiger partial charge on any atom is -0.397 e. The number of rotatable bonds is 2. The van der Waals surface area contributed by atoms with Gasteiger partial charge < -0.3 is 15.8 Å². The molecule has 1 aliphatic rings. The second kappa shape index (κ2) is 5.19. The van der Waals surface area contributed by atoms with Crippen molar-refractivity contribution in [2.24, 2.45) is 0 Å². The van der Waals surface area contributed by atoms with E-state index in [1.54, 1.807) is 0 Å². The lowest BCUT2D eigenvalue weighted by molar-refractivity contribution is 0.0699. The maximum Gasteiger partial charge on any atom is 0.263 e. The van der Waals surface area contributed by atoms with Crippen LogP contribution >= 0.6 is 11.3 Å². The number of hydrogen-bond donors (Lipinski definition) is 2. The van der Waals surface area contributed by atoms with Crippen LogP contribution in [0.4, 0.5) is 5.69 Å². The van der Waals surface area contributed by atoms with Crippen molar-refractivity contribution >= 4 is 33.0 Å². The number of nitrogens with two attached hydrogens (primary N) is 1. The first-order valence-corrected chi connectivity index (χ1v) is 7.23. The van der Waals surface area contributed by atoms with Crippen molar-refractivity contribution in [3.8, 4) is 0 Å². The molecule has 1 aromatic carbocycles. The largest absolute Gasteiger partial charge is 0.397 e. The zero-order valence-corrected chi connectivity index (χ0v) is 11.3. The summed E-state index contributed by atoms with van der Waals surface area (Å²) in [5.41, 5.74) is 6.66. The SMILES string of the molecule is Nc1c(C(=O)NC2CCOCC2)sc2ccccc12. The quantitative estimate of drug-likeness (QED) is 0.885. The number of ether oxygens (including phenoxy) is 1. The summed E-state index contributed by atoms with van der Waals surface area (Å²) in [4.78, 5) is 12.9. The summed E-state index contributed by atoms with van der Waals surface area (Å²) < 4.78 is 6.34. The zero-order valence-electron chi connectivity index (χ0n) is 10.5. The van der Waals surface area contributed by atoms with E-state index < -0.39 is 0 Å². The van der Waals surface area contributed by atoms with Crippen molar-refractivity contribution in [2.45, 2.75) is 18.9 Å². The molecule has 0 saturated carbocycles. The molecule has 3 N–H and O–H groups in total. The van der Waals surface area contributed by atoms with Gasteiger partial charge in [0.1, 0.15) is 4.88 Å². The third-order valence-electron chi connectivity index (χ3n) is 3.40. The molecular formula is C14H16N2O2S. The highest BCUT2D eigenvalue weighted by Crippen LogP contribution is 2.33. The number of carbonyl (C=O) groups is 1. The Bertz CT molecular complexity index is 603. The number of hydrogen-bond acceptors (Lipinski definition) is 4. The van der Waals surface area contributed by atoms with E-state index in [0.29, 0.717) is 23.8 Å². The number of anilines is 1. The second-order valence-electron chi connectivity index (χ2n) is 4.70. The molecule has 1 fully saturated rings. The van der Waals surface area contributed by atoms with Gasteiger partial charge >= 0.3 is 0 Å². The molecule has 19 heavy (non-hydrogen) atoms. The molecule has 1 aromatic heterocycles. The molecule has 0 aliphatic carbocycles. The van der Waals surface area contributed by atoms with Gasteiger partial charge in [-0.05, 0) is 18.9 Å². The lowest BCUT2D eigenvalue weighted by Crippen LogP contribution is -2.38. The minimum absolute atomic E-state index is 0.0643. The highest BCUT2D eigenvalue weighted by Gasteiger charge is 2.20. The molecule has 3 rings (SSSR count). The van der Waals surface area contributed by atoms with Crippen LogP contribution in [0.3, 0.4) is 0 Å². The molecule has 0 atom stereocenters. The van der Waals surface area contributed by atoms with E-state index in [9.17, 15) is 4.79 Å². The van der Waals surface area contributed by atoms with Crippen LogP contribution in [0.1, 0.15) is 22.5 Å². The molecule has 1 saturated heterocycles. The van der Waals surface area contributed by atoms with E-state index in [1.807, 2.05) is 24.3 Å². The fourth-order valence-corrected chi connectivity index (χ4v) is 3.35. The van der Waals surface area contributed by atoms with E-state index in [1.165, 1.54) is 11.3 Å². The number of fused-ring (bicyclic) bond motifs is 1. The molecule has 2 heterocycles. The van der Waals surface area contributed by atoms with E-state index in [0.717, 1.165) is 22.9 Å². The molecule has 0 unspecified atom stereocenters. The number of nitrogens with one attached hydrogen (secondary N) is 1. The fourth-order valence-electron chi connectivity index (χ4n) is 2.33. The molecule has 1 amide bonds. The van der Waals surface area contributed by atoms with Gasteiger partial charge in [0.2, 0.25) is 0 Å². The molecule has 0 radical (unpaired) electrons. The lowest BCUT2D eigenvalue weighted by atomic mass is 10.1. The summed E-state index contributed by atoms with van der Waals surface area (Å²) in [6, 6.07) is 8.03. The van der Waals surface area contributed by atoms with E-state index in [-0.39, 0.29) is 11.9 Å². The van der Waals surface area contributed by atoms with Gasteiger partial charge in [0.05, 0.1) is 5.69 Å². The van der Waals surface area contributed by atoms with Gasteiger partial charge in [0.15, 0.2) is 0 Å². The van der Waals surface area contributed by atoms with Crippen LogP contribution in [-0.2, 0) is 4.74 Å². The molecular weight excluding hydrogens is 260 g/mol. The Kier molecular flexibility index (Phi) is 3.40. The van der Waals surface area contributed by atoms with Gasteiger partial charge in [-0.25, -0.2) is 0 Å². The first kappa shape index (κ1) is 12.4. The first-order chi connectivity index (χ1) is 9.25. The standard InChI is InChI=1S/C14H16N2O2S/c15-12-10-3-1-2-4-11(10)19-13(12)14(17)16-9-5-7-18-8-6-9/h1-4,9H,5-8,15H2,(H,16,17). The fraction of sp³-hybridized carbons (Fsp3) is 0.357. The summed E-state index contributed by atoms with van der Waals surface area (Å²) >= 11 is 1.45. The van der Waals surface area contributed by atoms with Crippen LogP contribution in [0.5, 0.6) is 0 Å². The van der Waals surface area contributed by atoms with Gasteiger partial charge in [0, 0.05) is 29.3 Å². The van der Waals surface area contributed by atoms with Gasteiger partial charge in [-0.15, -0.1) is 11.3 Å². The van der Waals surface area contributed by atoms with Crippen molar-refractivity contribution in [3.05, 3.63) is 29.1 Å². The number of benzene rings is 1. The Morgan fingerprint density at radius 2 is 2.05 bits per heavy atom. The van der Waals surface area contributed by atoms with E-state index in [2.05, 4.69) is 5.32 Å². The molecule has 4 nitrogen and oxygen atoms in total. The Morgan fingerprint density at radius 3 is 2.79 bits per heavy atom. The maximum absolute atomic E-state index is 12.3. The van der Waals surface area contributed by atoms with Crippen molar-refractivity contribution in [1.82, 2.24) is 5.32 Å². The zero-order chi connectivity index (χ0) is 13.2. The highest BCUT2D eigenvalue weighted by molar-refractivity contribution is 7.21. The van der Waals surface area contributed by atoms with Gasteiger partial charge in [-0.1, -0.05) is 18.2 Å². The van der Waals surface area contributed by atoms with Crippen LogP contribution in [0, 0.1) is 0 Å². The monoisotopic (exact) mass is 276 g/mol. The third-order valence-corrected chi connectivity index (χ3v) is 4.58. The predicted octanol–water partition coefficient (Wildman–Crippen LogP) is 2.39. The number of thiophene rings is 1. The highest BCUT2D eigenvalue weighted by atomic mass is 32.1. The summed E-state index contributed by atoms with van der Waals surface area (Å²) in [5.74, 6) is -0.0643. The second-order valence-corrected chi connectivity index (χ2v) is 5.75. The van der Waals surface area contributed by atoms with Crippen LogP contribution < -0.4 is 11.1 Å². The topological polar surface area (TPSA) is 64.4 Å². The van der Waals surface area contributed by atoms with E-state index >= 15 is 0 Å². The Balaban J connectivity index is 1.83. The van der Waals surface area contributed by atoms with Gasteiger partial charge in [0.25, 0.3) is 5.91 Å². The third kappa shape index (κ3) is 2.43. The molecule has 5 heteroatoms. The molecule has 2 aromatic rings. The maximum atomic E-state index is 12.3. The summed E-state index contributed by atoms with van der Waals surface area (Å²) in [6.45, 7) is 1.43.